The molecule has 0 spiro atoms. The fourth-order valence-electron chi connectivity index (χ4n) is 3.70. The summed E-state index contributed by atoms with van der Waals surface area (Å²) in [5, 5.41) is 11.7. The topological polar surface area (TPSA) is 99.2 Å². The summed E-state index contributed by atoms with van der Waals surface area (Å²) in [7, 11) is 1.88. The molecule has 1 fully saturated rings. The Kier molecular flexibility index (Phi) is 3.64. The molecule has 1 aromatic rings. The van der Waals surface area contributed by atoms with Crippen LogP contribution >= 0.6 is 0 Å². The van der Waals surface area contributed by atoms with E-state index >= 15 is 0 Å². The molecule has 132 valence electrons. The summed E-state index contributed by atoms with van der Waals surface area (Å²) in [5.74, 6) is -0.317. The zero-order chi connectivity index (χ0) is 17.7. The summed E-state index contributed by atoms with van der Waals surface area (Å²) in [4.78, 5) is 39.7. The van der Waals surface area contributed by atoms with E-state index in [4.69, 9.17) is 4.74 Å². The maximum Gasteiger partial charge on any atom is 0.255 e. The number of benzene rings is 1. The third-order valence-corrected chi connectivity index (χ3v) is 5.20. The number of aliphatic hydroxyl groups is 1. The van der Waals surface area contributed by atoms with Crippen LogP contribution in [0.3, 0.4) is 0 Å². The van der Waals surface area contributed by atoms with Gasteiger partial charge in [-0.15, -0.1) is 0 Å². The SMILES string of the molecule is CN1c2ccc3c(c2OCC1CO)CN(C1CCC(=O)NC1=O)C3=O. The fraction of sp³-hybridized carbons (Fsp3) is 0.471. The first kappa shape index (κ1) is 15.9. The van der Waals surface area contributed by atoms with Crippen molar-refractivity contribution in [2.24, 2.45) is 0 Å². The third-order valence-electron chi connectivity index (χ3n) is 5.20. The number of hydrogen-bond acceptors (Lipinski definition) is 6. The molecule has 0 aromatic heterocycles. The van der Waals surface area contributed by atoms with Crippen LogP contribution in [0.5, 0.6) is 5.75 Å². The predicted molar refractivity (Wildman–Crippen MR) is 87.3 cm³/mol. The fourth-order valence-corrected chi connectivity index (χ4v) is 3.70. The van der Waals surface area contributed by atoms with Crippen molar-refractivity contribution in [3.05, 3.63) is 23.3 Å². The van der Waals surface area contributed by atoms with E-state index in [1.807, 2.05) is 18.0 Å². The Morgan fingerprint density at radius 2 is 2.12 bits per heavy atom. The second kappa shape index (κ2) is 5.73. The van der Waals surface area contributed by atoms with Gasteiger partial charge in [0.25, 0.3) is 5.91 Å². The van der Waals surface area contributed by atoms with Gasteiger partial charge in [0.05, 0.1) is 24.9 Å². The van der Waals surface area contributed by atoms with Gasteiger partial charge < -0.3 is 19.6 Å². The molecule has 1 aromatic carbocycles. The first-order valence-electron chi connectivity index (χ1n) is 8.28. The van der Waals surface area contributed by atoms with E-state index in [2.05, 4.69) is 5.32 Å². The molecular formula is C17H19N3O5. The molecule has 1 saturated heterocycles. The summed E-state index contributed by atoms with van der Waals surface area (Å²) in [5.41, 5.74) is 2.11. The molecule has 3 heterocycles. The molecule has 8 nitrogen and oxygen atoms in total. The Bertz CT molecular complexity index is 778. The lowest BCUT2D eigenvalue weighted by Gasteiger charge is -2.35. The number of piperidine rings is 1. The smallest absolute Gasteiger partial charge is 0.255 e. The van der Waals surface area contributed by atoms with Crippen molar-refractivity contribution in [1.82, 2.24) is 10.2 Å². The lowest BCUT2D eigenvalue weighted by molar-refractivity contribution is -0.136. The highest BCUT2D eigenvalue weighted by atomic mass is 16.5. The molecule has 25 heavy (non-hydrogen) atoms. The first-order chi connectivity index (χ1) is 12.0. The minimum Gasteiger partial charge on any atom is -0.489 e. The van der Waals surface area contributed by atoms with Gasteiger partial charge in [0.15, 0.2) is 0 Å². The number of fused-ring (bicyclic) bond motifs is 3. The molecular weight excluding hydrogens is 326 g/mol. The average molecular weight is 345 g/mol. The van der Waals surface area contributed by atoms with Crippen molar-refractivity contribution < 1.29 is 24.2 Å². The highest BCUT2D eigenvalue weighted by molar-refractivity contribution is 6.06. The molecule has 0 saturated carbocycles. The van der Waals surface area contributed by atoms with Gasteiger partial charge in [-0.05, 0) is 18.6 Å². The van der Waals surface area contributed by atoms with E-state index in [9.17, 15) is 19.5 Å². The van der Waals surface area contributed by atoms with Gasteiger partial charge in [-0.25, -0.2) is 0 Å². The molecule has 3 aliphatic heterocycles. The van der Waals surface area contributed by atoms with Gasteiger partial charge in [0.1, 0.15) is 18.4 Å². The zero-order valence-corrected chi connectivity index (χ0v) is 13.8. The molecule has 8 heteroatoms. The van der Waals surface area contributed by atoms with E-state index < -0.39 is 11.9 Å². The van der Waals surface area contributed by atoms with Crippen LogP contribution in [0, 0.1) is 0 Å². The lowest BCUT2D eigenvalue weighted by atomic mass is 10.0. The van der Waals surface area contributed by atoms with Crippen molar-refractivity contribution >= 4 is 23.4 Å². The van der Waals surface area contributed by atoms with Crippen molar-refractivity contribution in [1.29, 1.82) is 0 Å². The Morgan fingerprint density at radius 3 is 2.84 bits per heavy atom. The Labute approximate surface area is 144 Å². The molecule has 3 aliphatic rings. The molecule has 4 rings (SSSR count). The minimum absolute atomic E-state index is 0.0195. The maximum atomic E-state index is 12.8. The third kappa shape index (κ3) is 2.36. The second-order valence-electron chi connectivity index (χ2n) is 6.60. The van der Waals surface area contributed by atoms with E-state index in [1.165, 1.54) is 4.90 Å². The van der Waals surface area contributed by atoms with Gasteiger partial charge >= 0.3 is 0 Å². The highest BCUT2D eigenvalue weighted by Crippen LogP contribution is 2.42. The second-order valence-corrected chi connectivity index (χ2v) is 6.60. The van der Waals surface area contributed by atoms with E-state index in [0.717, 1.165) is 11.3 Å². The Balaban J connectivity index is 1.66. The normalized spacial score (nSPS) is 25.4. The number of aliphatic hydroxyl groups excluding tert-OH is 1. The summed E-state index contributed by atoms with van der Waals surface area (Å²) in [6.45, 7) is 0.596. The summed E-state index contributed by atoms with van der Waals surface area (Å²) < 4.78 is 5.83. The monoisotopic (exact) mass is 345 g/mol. The van der Waals surface area contributed by atoms with Gasteiger partial charge in [0, 0.05) is 24.6 Å². The van der Waals surface area contributed by atoms with Gasteiger partial charge in [-0.3, -0.25) is 19.7 Å². The van der Waals surface area contributed by atoms with Gasteiger partial charge in [-0.1, -0.05) is 0 Å². The number of ether oxygens (including phenoxy) is 1. The van der Waals surface area contributed by atoms with Crippen molar-refractivity contribution in [2.45, 2.75) is 31.5 Å². The van der Waals surface area contributed by atoms with Gasteiger partial charge in [0.2, 0.25) is 11.8 Å². The number of carbonyl (C=O) groups excluding carboxylic acids is 3. The zero-order valence-electron chi connectivity index (χ0n) is 13.8. The van der Waals surface area contributed by atoms with Crippen molar-refractivity contribution in [3.8, 4) is 5.75 Å². The van der Waals surface area contributed by atoms with E-state index in [-0.39, 0.29) is 37.4 Å². The van der Waals surface area contributed by atoms with Crippen LogP contribution in [-0.4, -0.2) is 60.1 Å². The molecule has 2 N–H and O–H groups in total. The number of carbonyl (C=O) groups is 3. The van der Waals surface area contributed by atoms with Crippen LogP contribution in [0.4, 0.5) is 5.69 Å². The summed E-state index contributed by atoms with van der Waals surface area (Å²) >= 11 is 0. The molecule has 0 radical (unpaired) electrons. The predicted octanol–water partition coefficient (Wildman–Crippen LogP) is -0.363. The highest BCUT2D eigenvalue weighted by Gasteiger charge is 2.41. The maximum absolute atomic E-state index is 12.8. The van der Waals surface area contributed by atoms with Crippen molar-refractivity contribution in [2.75, 3.05) is 25.2 Å². The van der Waals surface area contributed by atoms with Crippen LogP contribution in [0.15, 0.2) is 12.1 Å². The average Bonchev–Trinajstić information content (AvgIpc) is 2.92. The largest absolute Gasteiger partial charge is 0.489 e. The Hall–Kier alpha value is -2.61. The molecule has 0 bridgehead atoms. The van der Waals surface area contributed by atoms with Crippen LogP contribution in [0.25, 0.3) is 0 Å². The van der Waals surface area contributed by atoms with E-state index in [1.54, 1.807) is 6.07 Å². The number of rotatable bonds is 2. The molecule has 2 atom stereocenters. The number of nitrogens with one attached hydrogen (secondary N) is 1. The number of imide groups is 1. The lowest BCUT2D eigenvalue weighted by Crippen LogP contribution is -2.52. The van der Waals surface area contributed by atoms with Crippen LogP contribution in [0.1, 0.15) is 28.8 Å². The van der Waals surface area contributed by atoms with Crippen molar-refractivity contribution in [3.63, 3.8) is 0 Å². The quantitative estimate of drug-likeness (QED) is 0.710. The number of hydrogen-bond donors (Lipinski definition) is 2. The first-order valence-corrected chi connectivity index (χ1v) is 8.28. The standard InChI is InChI=1S/C17H19N3O5/c1-19-9(7-21)8-25-15-11-6-20(13-4-5-14(22)18-16(13)23)17(24)10(11)2-3-12(15)19/h2-3,9,13,21H,4-8H2,1H3,(H,18,22,23). The van der Waals surface area contributed by atoms with E-state index in [0.29, 0.717) is 24.3 Å². The Morgan fingerprint density at radius 1 is 1.32 bits per heavy atom. The number of anilines is 1. The summed E-state index contributed by atoms with van der Waals surface area (Å²) in [6.07, 6.45) is 0.561. The number of nitrogens with zero attached hydrogens (tertiary/aromatic N) is 2. The number of likely N-dealkylation sites (N-methyl/N-ethyl adjacent to an activating group) is 1. The molecule has 3 amide bonds. The summed E-state index contributed by atoms with van der Waals surface area (Å²) in [6, 6.07) is 2.78. The minimum atomic E-state index is -0.639. The van der Waals surface area contributed by atoms with Gasteiger partial charge in [-0.2, -0.15) is 0 Å². The van der Waals surface area contributed by atoms with Crippen LogP contribution in [-0.2, 0) is 16.1 Å². The molecule has 0 aliphatic carbocycles. The number of amides is 3. The van der Waals surface area contributed by atoms with Crippen LogP contribution < -0.4 is 15.0 Å². The van der Waals surface area contributed by atoms with Crippen LogP contribution in [0.2, 0.25) is 0 Å². The molecule has 2 unspecified atom stereocenters.